The van der Waals surface area contributed by atoms with E-state index in [0.29, 0.717) is 4.47 Å². The molecule has 0 heterocycles. The Hall–Kier alpha value is -1.63. The highest BCUT2D eigenvalue weighted by Gasteiger charge is 2.10. The topological polar surface area (TPSA) is 64.6 Å². The van der Waals surface area contributed by atoms with Crippen molar-refractivity contribution in [3.63, 3.8) is 0 Å². The molecule has 0 radical (unpaired) electrons. The predicted octanol–water partition coefficient (Wildman–Crippen LogP) is 2.24. The Bertz CT molecular complexity index is 453. The molecule has 5 nitrogen and oxygen atoms in total. The van der Waals surface area contributed by atoms with Gasteiger partial charge in [-0.2, -0.15) is 0 Å². The molecule has 1 aromatic rings. The molecule has 1 aromatic carbocycles. The quantitative estimate of drug-likeness (QED) is 0.924. The Morgan fingerprint density at radius 2 is 2.17 bits per heavy atom. The molecule has 2 amide bonds. The van der Waals surface area contributed by atoms with Gasteiger partial charge in [0.25, 0.3) is 5.91 Å². The van der Waals surface area contributed by atoms with Gasteiger partial charge in [0.1, 0.15) is 0 Å². The van der Waals surface area contributed by atoms with Gasteiger partial charge in [0, 0.05) is 4.47 Å². The summed E-state index contributed by atoms with van der Waals surface area (Å²) in [6.07, 6.45) is -0.859. The summed E-state index contributed by atoms with van der Waals surface area (Å²) in [4.78, 5) is 22.1. The third-order valence-electron chi connectivity index (χ3n) is 1.77. The molecule has 0 spiro atoms. The van der Waals surface area contributed by atoms with Gasteiger partial charge in [0.15, 0.2) is 18.2 Å². The zero-order valence-corrected chi connectivity index (χ0v) is 11.1. The molecular formula is C11H11BrFNO4. The van der Waals surface area contributed by atoms with E-state index >= 15 is 0 Å². The number of carbonyl (C=O) groups excluding carboxylic acids is 2. The first kappa shape index (κ1) is 14.4. The molecule has 18 heavy (non-hydrogen) atoms. The molecule has 1 N–H and O–H groups in total. The van der Waals surface area contributed by atoms with Crippen molar-refractivity contribution in [2.24, 2.45) is 0 Å². The minimum Gasteiger partial charge on any atom is -0.481 e. The highest BCUT2D eigenvalue weighted by Crippen LogP contribution is 2.21. The van der Waals surface area contributed by atoms with Gasteiger partial charge >= 0.3 is 6.09 Å². The number of halogens is 2. The molecule has 0 aromatic heterocycles. The zero-order chi connectivity index (χ0) is 13.5. The summed E-state index contributed by atoms with van der Waals surface area (Å²) < 4.78 is 23.3. The molecule has 1 rings (SSSR count). The molecule has 7 heteroatoms. The molecular weight excluding hydrogens is 309 g/mol. The number of benzene rings is 1. The van der Waals surface area contributed by atoms with Crippen LogP contribution in [0, 0.1) is 5.82 Å². The second-order valence-electron chi connectivity index (χ2n) is 3.13. The van der Waals surface area contributed by atoms with Crippen LogP contribution in [0.3, 0.4) is 0 Å². The van der Waals surface area contributed by atoms with Gasteiger partial charge in [-0.1, -0.05) is 15.9 Å². The van der Waals surface area contributed by atoms with Crippen molar-refractivity contribution >= 4 is 27.9 Å². The monoisotopic (exact) mass is 319 g/mol. The normalized spacial score (nSPS) is 9.72. The van der Waals surface area contributed by atoms with E-state index in [-0.39, 0.29) is 12.4 Å². The smallest absolute Gasteiger partial charge is 0.413 e. The van der Waals surface area contributed by atoms with E-state index in [1.165, 1.54) is 12.1 Å². The van der Waals surface area contributed by atoms with Crippen LogP contribution < -0.4 is 10.1 Å². The van der Waals surface area contributed by atoms with E-state index in [4.69, 9.17) is 4.74 Å². The lowest BCUT2D eigenvalue weighted by Gasteiger charge is -2.07. The van der Waals surface area contributed by atoms with Crippen LogP contribution in [0.1, 0.15) is 6.92 Å². The molecule has 0 fully saturated rings. The molecule has 0 aliphatic carbocycles. The third-order valence-corrected chi connectivity index (χ3v) is 2.26. The highest BCUT2D eigenvalue weighted by atomic mass is 79.9. The molecule has 98 valence electrons. The summed E-state index contributed by atoms with van der Waals surface area (Å²) in [7, 11) is 0. The van der Waals surface area contributed by atoms with Crippen LogP contribution in [0.4, 0.5) is 9.18 Å². The Morgan fingerprint density at radius 1 is 1.44 bits per heavy atom. The number of ether oxygens (including phenoxy) is 2. The molecule has 0 atom stereocenters. The van der Waals surface area contributed by atoms with E-state index in [1.807, 2.05) is 5.32 Å². The molecule has 0 aliphatic rings. The fourth-order valence-corrected chi connectivity index (χ4v) is 1.39. The lowest BCUT2D eigenvalue weighted by atomic mass is 10.3. The SMILES string of the molecule is CCOC(=O)NC(=O)COc1ccc(Br)cc1F. The molecule has 0 unspecified atom stereocenters. The van der Waals surface area contributed by atoms with Gasteiger partial charge in [0.05, 0.1) is 6.61 Å². The van der Waals surface area contributed by atoms with Crippen molar-refractivity contribution < 1.29 is 23.5 Å². The number of hydrogen-bond donors (Lipinski definition) is 1. The van der Waals surface area contributed by atoms with Crippen molar-refractivity contribution in [1.82, 2.24) is 5.32 Å². The highest BCUT2D eigenvalue weighted by molar-refractivity contribution is 9.10. The summed E-state index contributed by atoms with van der Waals surface area (Å²) in [5.74, 6) is -1.39. The summed E-state index contributed by atoms with van der Waals surface area (Å²) >= 11 is 3.09. The summed E-state index contributed by atoms with van der Waals surface area (Å²) in [5.41, 5.74) is 0. The molecule has 0 aliphatic heterocycles. The van der Waals surface area contributed by atoms with Crippen LogP contribution >= 0.6 is 15.9 Å². The van der Waals surface area contributed by atoms with Crippen molar-refractivity contribution in [3.05, 3.63) is 28.5 Å². The van der Waals surface area contributed by atoms with Crippen LogP contribution in [0.2, 0.25) is 0 Å². The molecule has 0 saturated carbocycles. The second kappa shape index (κ2) is 6.95. The predicted molar refractivity (Wildman–Crippen MR) is 64.8 cm³/mol. The summed E-state index contributed by atoms with van der Waals surface area (Å²) in [6, 6.07) is 4.15. The van der Waals surface area contributed by atoms with Gasteiger partial charge in [-0.05, 0) is 25.1 Å². The van der Waals surface area contributed by atoms with Gasteiger partial charge in [-0.25, -0.2) is 9.18 Å². The van der Waals surface area contributed by atoms with E-state index in [1.54, 1.807) is 13.0 Å². The molecule has 0 saturated heterocycles. The Kier molecular flexibility index (Phi) is 5.57. The molecule has 0 bridgehead atoms. The van der Waals surface area contributed by atoms with E-state index in [0.717, 1.165) is 0 Å². The largest absolute Gasteiger partial charge is 0.481 e. The summed E-state index contributed by atoms with van der Waals surface area (Å²) in [5, 5.41) is 1.93. The average Bonchev–Trinajstić information content (AvgIpc) is 2.28. The maximum atomic E-state index is 13.3. The number of hydrogen-bond acceptors (Lipinski definition) is 4. The minimum absolute atomic E-state index is 0.0720. The lowest BCUT2D eigenvalue weighted by Crippen LogP contribution is -2.34. The van der Waals surface area contributed by atoms with E-state index in [9.17, 15) is 14.0 Å². The van der Waals surface area contributed by atoms with Crippen LogP contribution in [-0.4, -0.2) is 25.2 Å². The minimum atomic E-state index is -0.859. The van der Waals surface area contributed by atoms with Crippen LogP contribution in [0.25, 0.3) is 0 Å². The van der Waals surface area contributed by atoms with Crippen molar-refractivity contribution in [2.45, 2.75) is 6.92 Å². The fourth-order valence-electron chi connectivity index (χ4n) is 1.05. The Labute approximate surface area is 111 Å². The number of amides is 2. The first-order valence-electron chi connectivity index (χ1n) is 5.07. The second-order valence-corrected chi connectivity index (χ2v) is 4.05. The van der Waals surface area contributed by atoms with Crippen molar-refractivity contribution in [3.8, 4) is 5.75 Å². The number of rotatable bonds is 4. The summed E-state index contributed by atoms with van der Waals surface area (Å²) in [6.45, 7) is 1.29. The Balaban J connectivity index is 2.45. The van der Waals surface area contributed by atoms with Crippen LogP contribution in [0.5, 0.6) is 5.75 Å². The number of carbonyl (C=O) groups is 2. The lowest BCUT2D eigenvalue weighted by molar-refractivity contribution is -0.122. The van der Waals surface area contributed by atoms with Gasteiger partial charge in [-0.3, -0.25) is 10.1 Å². The third kappa shape index (κ3) is 4.70. The van der Waals surface area contributed by atoms with Crippen LogP contribution in [-0.2, 0) is 9.53 Å². The van der Waals surface area contributed by atoms with Crippen molar-refractivity contribution in [1.29, 1.82) is 0 Å². The Morgan fingerprint density at radius 3 is 2.78 bits per heavy atom. The van der Waals surface area contributed by atoms with Gasteiger partial charge in [0.2, 0.25) is 0 Å². The fraction of sp³-hybridized carbons (Fsp3) is 0.273. The average molecular weight is 320 g/mol. The van der Waals surface area contributed by atoms with Gasteiger partial charge < -0.3 is 9.47 Å². The number of imide groups is 1. The van der Waals surface area contributed by atoms with Crippen LogP contribution in [0.15, 0.2) is 22.7 Å². The standard InChI is InChI=1S/C11H11BrFNO4/c1-2-17-11(16)14-10(15)6-18-9-4-3-7(12)5-8(9)13/h3-5H,2,6H2,1H3,(H,14,15,16). The van der Waals surface area contributed by atoms with Gasteiger partial charge in [-0.15, -0.1) is 0 Å². The first-order chi connectivity index (χ1) is 8.52. The first-order valence-corrected chi connectivity index (χ1v) is 5.86. The zero-order valence-electron chi connectivity index (χ0n) is 9.54. The number of alkyl carbamates (subject to hydrolysis) is 1. The maximum Gasteiger partial charge on any atom is 0.413 e. The van der Waals surface area contributed by atoms with E-state index in [2.05, 4.69) is 20.7 Å². The number of nitrogens with one attached hydrogen (secondary N) is 1. The van der Waals surface area contributed by atoms with E-state index < -0.39 is 24.4 Å². The van der Waals surface area contributed by atoms with Crippen molar-refractivity contribution in [2.75, 3.05) is 13.2 Å². The maximum absolute atomic E-state index is 13.3.